The number of anilines is 1. The number of hydrogen-bond acceptors (Lipinski definition) is 4. The van der Waals surface area contributed by atoms with E-state index >= 15 is 0 Å². The first-order valence-corrected chi connectivity index (χ1v) is 8.31. The van der Waals surface area contributed by atoms with E-state index in [9.17, 15) is 9.90 Å². The molecule has 1 atom stereocenters. The number of amides is 2. The molecule has 7 heteroatoms. The largest absolute Gasteiger partial charge is 0.463 e. The Morgan fingerprint density at radius 2 is 2.00 bits per heavy atom. The molecular weight excluding hydrogens is 332 g/mol. The molecule has 0 saturated heterocycles. The molecule has 0 spiro atoms. The van der Waals surface area contributed by atoms with Gasteiger partial charge < -0.3 is 20.2 Å². The molecular formula is C19H22N4O3. The zero-order valence-corrected chi connectivity index (χ0v) is 15.0. The maximum absolute atomic E-state index is 12.3. The molecule has 26 heavy (non-hydrogen) atoms. The lowest BCUT2D eigenvalue weighted by Gasteiger charge is -2.21. The van der Waals surface area contributed by atoms with Gasteiger partial charge in [-0.2, -0.15) is 5.10 Å². The van der Waals surface area contributed by atoms with E-state index in [1.54, 1.807) is 42.9 Å². The second-order valence-electron chi connectivity index (χ2n) is 6.39. The van der Waals surface area contributed by atoms with Gasteiger partial charge in [-0.05, 0) is 51.1 Å². The maximum Gasteiger partial charge on any atom is 0.319 e. The van der Waals surface area contributed by atoms with E-state index in [1.165, 1.54) is 0 Å². The standard InChI is InChI=1S/C19H22N4O3/c1-13-10-11-21-23(13)16-7-5-4-6-15(16)22-18(24)20-12-19(3,25)17-9-8-14(2)26-17/h4-11,25H,12H2,1-3H3,(H2,20,22,24). The van der Waals surface area contributed by atoms with Crippen LogP contribution < -0.4 is 10.6 Å². The van der Waals surface area contributed by atoms with Crippen LogP contribution in [-0.2, 0) is 5.60 Å². The molecule has 0 bridgehead atoms. The van der Waals surface area contributed by atoms with Crippen molar-refractivity contribution in [3.63, 3.8) is 0 Å². The van der Waals surface area contributed by atoms with Crippen LogP contribution in [0.15, 0.2) is 53.1 Å². The Kier molecular flexibility index (Phi) is 4.81. The molecule has 3 rings (SSSR count). The smallest absolute Gasteiger partial charge is 0.319 e. The van der Waals surface area contributed by atoms with E-state index in [0.717, 1.165) is 11.4 Å². The van der Waals surface area contributed by atoms with E-state index in [-0.39, 0.29) is 6.54 Å². The summed E-state index contributed by atoms with van der Waals surface area (Å²) < 4.78 is 7.19. The summed E-state index contributed by atoms with van der Waals surface area (Å²) in [4.78, 5) is 12.3. The lowest BCUT2D eigenvalue weighted by atomic mass is 10.0. The highest BCUT2D eigenvalue weighted by molar-refractivity contribution is 5.91. The molecule has 0 aliphatic carbocycles. The minimum absolute atomic E-state index is 0.00868. The Bertz CT molecular complexity index is 911. The second-order valence-corrected chi connectivity index (χ2v) is 6.39. The summed E-state index contributed by atoms with van der Waals surface area (Å²) in [5.41, 5.74) is 1.03. The van der Waals surface area contributed by atoms with Crippen molar-refractivity contribution < 1.29 is 14.3 Å². The van der Waals surface area contributed by atoms with Gasteiger partial charge in [-0.3, -0.25) is 0 Å². The molecule has 1 unspecified atom stereocenters. The van der Waals surface area contributed by atoms with Crippen molar-refractivity contribution in [2.24, 2.45) is 0 Å². The zero-order valence-electron chi connectivity index (χ0n) is 15.0. The molecule has 0 saturated carbocycles. The van der Waals surface area contributed by atoms with Gasteiger partial charge in [0.15, 0.2) is 0 Å². The topological polar surface area (TPSA) is 92.3 Å². The summed E-state index contributed by atoms with van der Waals surface area (Å²) in [6, 6.07) is 12.3. The van der Waals surface area contributed by atoms with E-state index in [0.29, 0.717) is 17.2 Å². The van der Waals surface area contributed by atoms with E-state index in [4.69, 9.17) is 4.42 Å². The molecule has 0 aliphatic rings. The Labute approximate surface area is 151 Å². The average molecular weight is 354 g/mol. The quantitative estimate of drug-likeness (QED) is 0.656. The number of hydrogen-bond donors (Lipinski definition) is 3. The van der Waals surface area contributed by atoms with Crippen LogP contribution in [-0.4, -0.2) is 27.5 Å². The van der Waals surface area contributed by atoms with Gasteiger partial charge in [-0.1, -0.05) is 12.1 Å². The van der Waals surface area contributed by atoms with Gasteiger partial charge in [-0.25, -0.2) is 9.48 Å². The number of nitrogens with zero attached hydrogens (tertiary/aromatic N) is 2. The number of nitrogens with one attached hydrogen (secondary N) is 2. The number of carbonyl (C=O) groups excluding carboxylic acids is 1. The molecule has 2 amide bonds. The van der Waals surface area contributed by atoms with Crippen LogP contribution >= 0.6 is 0 Å². The van der Waals surface area contributed by atoms with E-state index < -0.39 is 11.6 Å². The second kappa shape index (κ2) is 7.05. The van der Waals surface area contributed by atoms with Crippen LogP contribution in [0.3, 0.4) is 0 Å². The van der Waals surface area contributed by atoms with Gasteiger partial charge in [0.05, 0.1) is 17.9 Å². The van der Waals surface area contributed by atoms with Crippen LogP contribution in [0.25, 0.3) is 5.69 Å². The first-order valence-electron chi connectivity index (χ1n) is 8.31. The molecule has 2 aromatic heterocycles. The lowest BCUT2D eigenvalue weighted by molar-refractivity contribution is 0.0364. The molecule has 0 fully saturated rings. The first kappa shape index (κ1) is 17.8. The number of rotatable bonds is 5. The summed E-state index contributed by atoms with van der Waals surface area (Å²) in [5, 5.41) is 20.3. The van der Waals surface area contributed by atoms with Crippen molar-refractivity contribution in [3.05, 3.63) is 65.9 Å². The SMILES string of the molecule is Cc1ccc(C(C)(O)CNC(=O)Nc2ccccc2-n2nccc2C)o1. The molecule has 0 radical (unpaired) electrons. The normalized spacial score (nSPS) is 13.2. The lowest BCUT2D eigenvalue weighted by Crippen LogP contribution is -2.40. The Morgan fingerprint density at radius 3 is 2.65 bits per heavy atom. The Balaban J connectivity index is 1.69. The Hall–Kier alpha value is -3.06. The van der Waals surface area contributed by atoms with Crippen molar-refractivity contribution in [1.82, 2.24) is 15.1 Å². The van der Waals surface area contributed by atoms with E-state index in [2.05, 4.69) is 15.7 Å². The predicted molar refractivity (Wildman–Crippen MR) is 98.3 cm³/mol. The number of aryl methyl sites for hydroxylation is 2. The summed E-state index contributed by atoms with van der Waals surface area (Å²) in [6.45, 7) is 5.33. The zero-order chi connectivity index (χ0) is 18.7. The fourth-order valence-corrected chi connectivity index (χ4v) is 2.62. The monoisotopic (exact) mass is 354 g/mol. The van der Waals surface area contributed by atoms with Crippen LogP contribution in [0.2, 0.25) is 0 Å². The predicted octanol–water partition coefficient (Wildman–Crippen LogP) is 3.11. The molecule has 3 aromatic rings. The van der Waals surface area contributed by atoms with Crippen molar-refractivity contribution >= 4 is 11.7 Å². The molecule has 0 aliphatic heterocycles. The van der Waals surface area contributed by atoms with E-state index in [1.807, 2.05) is 31.2 Å². The minimum atomic E-state index is -1.30. The number of furan rings is 1. The Morgan fingerprint density at radius 1 is 1.23 bits per heavy atom. The van der Waals surface area contributed by atoms with Crippen molar-refractivity contribution in [3.8, 4) is 5.69 Å². The summed E-state index contributed by atoms with van der Waals surface area (Å²) in [5.74, 6) is 1.11. The molecule has 2 heterocycles. The van der Waals surface area contributed by atoms with Gasteiger partial charge in [0.1, 0.15) is 17.1 Å². The van der Waals surface area contributed by atoms with Gasteiger partial charge >= 0.3 is 6.03 Å². The minimum Gasteiger partial charge on any atom is -0.463 e. The van der Waals surface area contributed by atoms with Crippen LogP contribution in [0, 0.1) is 13.8 Å². The highest BCUT2D eigenvalue weighted by Gasteiger charge is 2.27. The fourth-order valence-electron chi connectivity index (χ4n) is 2.62. The van der Waals surface area contributed by atoms with Gasteiger partial charge in [0.25, 0.3) is 0 Å². The van der Waals surface area contributed by atoms with Gasteiger partial charge in [-0.15, -0.1) is 0 Å². The number of aliphatic hydroxyl groups is 1. The number of urea groups is 1. The van der Waals surface area contributed by atoms with Crippen LogP contribution in [0.4, 0.5) is 10.5 Å². The van der Waals surface area contributed by atoms with Crippen molar-refractivity contribution in [2.45, 2.75) is 26.4 Å². The maximum atomic E-state index is 12.3. The summed E-state index contributed by atoms with van der Waals surface area (Å²) in [6.07, 6.45) is 1.70. The highest BCUT2D eigenvalue weighted by Crippen LogP contribution is 2.23. The third-order valence-corrected chi connectivity index (χ3v) is 4.08. The molecule has 136 valence electrons. The molecule has 1 aromatic carbocycles. The fraction of sp³-hybridized carbons (Fsp3) is 0.263. The molecule has 3 N–H and O–H groups in total. The average Bonchev–Trinajstić information content (AvgIpc) is 3.22. The van der Waals surface area contributed by atoms with Crippen LogP contribution in [0.1, 0.15) is 24.1 Å². The highest BCUT2D eigenvalue weighted by atomic mass is 16.4. The number of aromatic nitrogens is 2. The van der Waals surface area contributed by atoms with Crippen molar-refractivity contribution in [2.75, 3.05) is 11.9 Å². The van der Waals surface area contributed by atoms with Crippen molar-refractivity contribution in [1.29, 1.82) is 0 Å². The summed E-state index contributed by atoms with van der Waals surface area (Å²) >= 11 is 0. The summed E-state index contributed by atoms with van der Waals surface area (Å²) in [7, 11) is 0. The third-order valence-electron chi connectivity index (χ3n) is 4.08. The molecule has 7 nitrogen and oxygen atoms in total. The van der Waals surface area contributed by atoms with Gasteiger partial charge in [0, 0.05) is 11.9 Å². The van der Waals surface area contributed by atoms with Gasteiger partial charge in [0.2, 0.25) is 0 Å². The van der Waals surface area contributed by atoms with Crippen LogP contribution in [0.5, 0.6) is 0 Å². The number of benzene rings is 1. The number of carbonyl (C=O) groups is 1. The third kappa shape index (κ3) is 3.78. The first-order chi connectivity index (χ1) is 12.4. The number of para-hydroxylation sites is 2.